The first-order valence-electron chi connectivity index (χ1n) is 6.32. The monoisotopic (exact) mass is 242 g/mol. The van der Waals surface area contributed by atoms with Gasteiger partial charge < -0.3 is 9.84 Å². The Morgan fingerprint density at radius 2 is 1.88 bits per heavy atom. The number of carboxylic acids is 1. The summed E-state index contributed by atoms with van der Waals surface area (Å²) in [5, 5.41) is 9.09. The third-order valence-electron chi connectivity index (χ3n) is 3.71. The van der Waals surface area contributed by atoms with Gasteiger partial charge in [-0.05, 0) is 39.5 Å². The Morgan fingerprint density at radius 1 is 1.29 bits per heavy atom. The topological polar surface area (TPSA) is 63.6 Å². The van der Waals surface area contributed by atoms with Crippen LogP contribution in [0.15, 0.2) is 0 Å². The van der Waals surface area contributed by atoms with Gasteiger partial charge in [-0.25, -0.2) is 0 Å². The minimum absolute atomic E-state index is 0.279. The van der Waals surface area contributed by atoms with Gasteiger partial charge in [0.2, 0.25) is 0 Å². The third-order valence-corrected chi connectivity index (χ3v) is 3.71. The largest absolute Gasteiger partial charge is 0.481 e. The van der Waals surface area contributed by atoms with Crippen molar-refractivity contribution in [2.45, 2.75) is 59.0 Å². The van der Waals surface area contributed by atoms with Crippen molar-refractivity contribution in [3.05, 3.63) is 0 Å². The summed E-state index contributed by atoms with van der Waals surface area (Å²) >= 11 is 0. The molecule has 4 heteroatoms. The minimum Gasteiger partial charge on any atom is -0.481 e. The van der Waals surface area contributed by atoms with E-state index >= 15 is 0 Å². The molecule has 0 bridgehead atoms. The van der Waals surface area contributed by atoms with Crippen LogP contribution in [0.25, 0.3) is 0 Å². The normalized spacial score (nSPS) is 25.4. The summed E-state index contributed by atoms with van der Waals surface area (Å²) < 4.78 is 5.40. The van der Waals surface area contributed by atoms with Gasteiger partial charge in [-0.2, -0.15) is 0 Å². The van der Waals surface area contributed by atoms with E-state index in [0.717, 1.165) is 12.8 Å². The van der Waals surface area contributed by atoms with Crippen molar-refractivity contribution in [3.63, 3.8) is 0 Å². The predicted octanol–water partition coefficient (Wildman–Crippen LogP) is 2.61. The maximum Gasteiger partial charge on any atom is 0.311 e. The lowest BCUT2D eigenvalue weighted by Gasteiger charge is -2.31. The minimum atomic E-state index is -0.850. The predicted molar refractivity (Wildman–Crippen MR) is 63.5 cm³/mol. The van der Waals surface area contributed by atoms with E-state index in [4.69, 9.17) is 9.84 Å². The Kier molecular flexibility index (Phi) is 4.54. The number of carbonyl (C=O) groups is 2. The van der Waals surface area contributed by atoms with Crippen molar-refractivity contribution in [2.75, 3.05) is 0 Å². The van der Waals surface area contributed by atoms with Crippen LogP contribution in [0.4, 0.5) is 0 Å². The summed E-state index contributed by atoms with van der Waals surface area (Å²) in [4.78, 5) is 23.0. The van der Waals surface area contributed by atoms with Crippen molar-refractivity contribution in [1.29, 1.82) is 0 Å². The maximum atomic E-state index is 11.9. The summed E-state index contributed by atoms with van der Waals surface area (Å²) in [6, 6.07) is 0. The fourth-order valence-corrected chi connectivity index (χ4v) is 1.96. The quantitative estimate of drug-likeness (QED) is 0.770. The molecule has 0 heterocycles. The highest BCUT2D eigenvalue weighted by molar-refractivity contribution is 5.77. The lowest BCUT2D eigenvalue weighted by atomic mass is 9.85. The second-order valence-electron chi connectivity index (χ2n) is 5.41. The summed E-state index contributed by atoms with van der Waals surface area (Å²) in [5.74, 6) is -1.66. The molecule has 0 saturated heterocycles. The number of hydrogen-bond donors (Lipinski definition) is 1. The molecule has 2 unspecified atom stereocenters. The van der Waals surface area contributed by atoms with Crippen LogP contribution in [0.3, 0.4) is 0 Å². The molecule has 0 aliphatic heterocycles. The highest BCUT2D eigenvalue weighted by Crippen LogP contribution is 2.30. The van der Waals surface area contributed by atoms with Crippen molar-refractivity contribution < 1.29 is 19.4 Å². The van der Waals surface area contributed by atoms with Gasteiger partial charge in [0, 0.05) is 0 Å². The average Bonchev–Trinajstić information content (AvgIpc) is 2.29. The van der Waals surface area contributed by atoms with Gasteiger partial charge in [-0.1, -0.05) is 13.3 Å². The van der Waals surface area contributed by atoms with Crippen LogP contribution < -0.4 is 0 Å². The highest BCUT2D eigenvalue weighted by Gasteiger charge is 2.36. The lowest BCUT2D eigenvalue weighted by molar-refractivity contribution is -0.169. The van der Waals surface area contributed by atoms with Gasteiger partial charge in [-0.3, -0.25) is 9.59 Å². The van der Waals surface area contributed by atoms with E-state index in [-0.39, 0.29) is 5.97 Å². The van der Waals surface area contributed by atoms with Gasteiger partial charge in [0.25, 0.3) is 0 Å². The Balaban J connectivity index is 2.65. The van der Waals surface area contributed by atoms with E-state index in [2.05, 4.69) is 0 Å². The smallest absolute Gasteiger partial charge is 0.311 e. The molecule has 1 N–H and O–H groups in total. The van der Waals surface area contributed by atoms with E-state index in [9.17, 15) is 9.59 Å². The molecular formula is C13H22O4. The molecule has 4 nitrogen and oxygen atoms in total. The maximum absolute atomic E-state index is 11.9. The fourth-order valence-electron chi connectivity index (χ4n) is 1.96. The van der Waals surface area contributed by atoms with Gasteiger partial charge >= 0.3 is 11.9 Å². The molecule has 1 fully saturated rings. The van der Waals surface area contributed by atoms with Crippen LogP contribution in [-0.4, -0.2) is 23.1 Å². The molecule has 0 aromatic heterocycles. The number of aliphatic carboxylic acids is 1. The lowest BCUT2D eigenvalue weighted by Crippen LogP contribution is -2.38. The molecular weight excluding hydrogens is 220 g/mol. The van der Waals surface area contributed by atoms with E-state index < -0.39 is 23.4 Å². The molecule has 98 valence electrons. The van der Waals surface area contributed by atoms with Gasteiger partial charge in [0.15, 0.2) is 0 Å². The van der Waals surface area contributed by atoms with Crippen molar-refractivity contribution in [1.82, 2.24) is 0 Å². The molecule has 17 heavy (non-hydrogen) atoms. The van der Waals surface area contributed by atoms with Crippen LogP contribution in [0, 0.1) is 11.3 Å². The number of rotatable bonds is 4. The molecule has 0 aromatic carbocycles. The van der Waals surface area contributed by atoms with Crippen LogP contribution in [0.1, 0.15) is 52.9 Å². The Labute approximate surface area is 102 Å². The van der Waals surface area contributed by atoms with Crippen molar-refractivity contribution in [3.8, 4) is 0 Å². The van der Waals surface area contributed by atoms with Gasteiger partial charge in [0.1, 0.15) is 6.10 Å². The Bertz CT molecular complexity index is 296. The second-order valence-corrected chi connectivity index (χ2v) is 5.41. The summed E-state index contributed by atoms with van der Waals surface area (Å²) in [6.07, 6.45) is 3.37. The molecule has 2 atom stereocenters. The average molecular weight is 242 g/mol. The molecule has 1 rings (SSSR count). The van der Waals surface area contributed by atoms with E-state index in [1.165, 1.54) is 0 Å². The molecule has 1 aliphatic rings. The summed E-state index contributed by atoms with van der Waals surface area (Å²) in [6.45, 7) is 5.58. The Hall–Kier alpha value is -1.06. The standard InChI is InChI=1S/C13H22O4/c1-4-13(2,3)12(16)17-10-8-6-5-7-9(10)11(14)15/h9-10H,4-8H2,1-3H3,(H,14,15). The Morgan fingerprint density at radius 3 is 2.41 bits per heavy atom. The molecule has 0 aromatic rings. The first-order valence-corrected chi connectivity index (χ1v) is 6.32. The van der Waals surface area contributed by atoms with Crippen LogP contribution >= 0.6 is 0 Å². The number of hydrogen-bond acceptors (Lipinski definition) is 3. The molecule has 1 saturated carbocycles. The molecule has 0 amide bonds. The summed E-state index contributed by atoms with van der Waals surface area (Å²) in [7, 11) is 0. The van der Waals surface area contributed by atoms with Crippen LogP contribution in [-0.2, 0) is 14.3 Å². The second kappa shape index (κ2) is 5.52. The van der Waals surface area contributed by atoms with E-state index in [1.54, 1.807) is 0 Å². The SMILES string of the molecule is CCC(C)(C)C(=O)OC1CCCCC1C(=O)O. The van der Waals surface area contributed by atoms with E-state index in [1.807, 2.05) is 20.8 Å². The zero-order valence-electron chi connectivity index (χ0n) is 10.9. The summed E-state index contributed by atoms with van der Waals surface area (Å²) in [5.41, 5.74) is -0.527. The fraction of sp³-hybridized carbons (Fsp3) is 0.846. The zero-order valence-corrected chi connectivity index (χ0v) is 10.9. The molecule has 0 radical (unpaired) electrons. The van der Waals surface area contributed by atoms with Crippen molar-refractivity contribution >= 4 is 11.9 Å². The third kappa shape index (κ3) is 3.45. The number of ether oxygens (including phenoxy) is 1. The number of carbonyl (C=O) groups excluding carboxylic acids is 1. The zero-order chi connectivity index (χ0) is 13.1. The highest BCUT2D eigenvalue weighted by atomic mass is 16.5. The van der Waals surface area contributed by atoms with Crippen molar-refractivity contribution in [2.24, 2.45) is 11.3 Å². The molecule has 0 spiro atoms. The first kappa shape index (κ1) is 14.0. The van der Waals surface area contributed by atoms with Gasteiger partial charge in [0.05, 0.1) is 11.3 Å². The van der Waals surface area contributed by atoms with E-state index in [0.29, 0.717) is 19.3 Å². The molecule has 1 aliphatic carbocycles. The van der Waals surface area contributed by atoms with Crippen LogP contribution in [0.2, 0.25) is 0 Å². The van der Waals surface area contributed by atoms with Gasteiger partial charge in [-0.15, -0.1) is 0 Å². The number of esters is 1. The van der Waals surface area contributed by atoms with Crippen LogP contribution in [0.5, 0.6) is 0 Å². The first-order chi connectivity index (χ1) is 7.88. The number of carboxylic acid groups (broad SMARTS) is 1.